The lowest BCUT2D eigenvalue weighted by molar-refractivity contribution is -0.154. The van der Waals surface area contributed by atoms with Gasteiger partial charge in [0, 0.05) is 19.5 Å². The van der Waals surface area contributed by atoms with Gasteiger partial charge < -0.3 is 10.0 Å². The Morgan fingerprint density at radius 3 is 2.00 bits per heavy atom. The lowest BCUT2D eigenvalue weighted by Gasteiger charge is -2.36. The quantitative estimate of drug-likeness (QED) is 0.779. The van der Waals surface area contributed by atoms with Gasteiger partial charge in [-0.2, -0.15) is 0 Å². The summed E-state index contributed by atoms with van der Waals surface area (Å²) in [6.07, 6.45) is 6.83. The molecule has 0 spiro atoms. The molecular formula is C17H31NO3. The molecule has 1 amide bonds. The second kappa shape index (κ2) is 7.81. The minimum absolute atomic E-state index is 0.0129. The van der Waals surface area contributed by atoms with Crippen molar-refractivity contribution in [1.29, 1.82) is 0 Å². The van der Waals surface area contributed by atoms with E-state index in [1.54, 1.807) is 0 Å². The number of carbonyl (C=O) groups excluding carboxylic acids is 1. The van der Waals surface area contributed by atoms with Crippen LogP contribution in [0.2, 0.25) is 0 Å². The molecule has 1 aliphatic carbocycles. The summed E-state index contributed by atoms with van der Waals surface area (Å²) in [5, 5.41) is 9.46. The number of carboxylic acids is 1. The number of carboxylic acid groups (broad SMARTS) is 1. The highest BCUT2D eigenvalue weighted by atomic mass is 16.4. The molecule has 0 heterocycles. The fourth-order valence-corrected chi connectivity index (χ4v) is 3.44. The van der Waals surface area contributed by atoms with E-state index in [9.17, 15) is 14.7 Å². The van der Waals surface area contributed by atoms with Crippen molar-refractivity contribution in [3.8, 4) is 0 Å². The van der Waals surface area contributed by atoms with Crippen LogP contribution < -0.4 is 0 Å². The second-order valence-corrected chi connectivity index (χ2v) is 6.56. The maximum Gasteiger partial charge on any atom is 0.310 e. The number of rotatable bonds is 7. The van der Waals surface area contributed by atoms with Crippen molar-refractivity contribution in [3.63, 3.8) is 0 Å². The molecule has 0 bridgehead atoms. The highest BCUT2D eigenvalue weighted by molar-refractivity contribution is 5.85. The molecule has 1 N–H and O–H groups in total. The van der Waals surface area contributed by atoms with Crippen LogP contribution in [0.5, 0.6) is 0 Å². The molecular weight excluding hydrogens is 266 g/mol. The molecule has 1 fully saturated rings. The number of carbonyl (C=O) groups is 2. The van der Waals surface area contributed by atoms with Gasteiger partial charge in [-0.25, -0.2) is 0 Å². The van der Waals surface area contributed by atoms with Crippen molar-refractivity contribution >= 4 is 11.9 Å². The summed E-state index contributed by atoms with van der Waals surface area (Å²) in [4.78, 5) is 25.8. The summed E-state index contributed by atoms with van der Waals surface area (Å²) >= 11 is 0. The molecule has 1 rings (SSSR count). The van der Waals surface area contributed by atoms with Crippen LogP contribution in [-0.2, 0) is 9.59 Å². The van der Waals surface area contributed by atoms with Gasteiger partial charge in [-0.1, -0.05) is 27.2 Å². The molecule has 4 nitrogen and oxygen atoms in total. The predicted octanol–water partition coefficient (Wildman–Crippen LogP) is 3.69. The van der Waals surface area contributed by atoms with Crippen LogP contribution >= 0.6 is 0 Å². The third-order valence-corrected chi connectivity index (χ3v) is 5.63. The summed E-state index contributed by atoms with van der Waals surface area (Å²) in [5.74, 6) is -0.0564. The van der Waals surface area contributed by atoms with Gasteiger partial charge in [0.05, 0.1) is 5.41 Å². The summed E-state index contributed by atoms with van der Waals surface area (Å²) < 4.78 is 0. The third kappa shape index (κ3) is 4.21. The molecule has 122 valence electrons. The molecule has 0 saturated heterocycles. The van der Waals surface area contributed by atoms with Gasteiger partial charge in [0.1, 0.15) is 0 Å². The van der Waals surface area contributed by atoms with E-state index in [1.807, 2.05) is 25.8 Å². The average molecular weight is 297 g/mol. The van der Waals surface area contributed by atoms with E-state index < -0.39 is 11.4 Å². The zero-order valence-corrected chi connectivity index (χ0v) is 14.0. The molecule has 0 aliphatic heterocycles. The van der Waals surface area contributed by atoms with Gasteiger partial charge >= 0.3 is 5.97 Å². The van der Waals surface area contributed by atoms with Crippen LogP contribution in [0, 0.1) is 11.3 Å². The Kier molecular flexibility index (Phi) is 6.69. The molecule has 21 heavy (non-hydrogen) atoms. The zero-order chi connectivity index (χ0) is 16.0. The van der Waals surface area contributed by atoms with Crippen LogP contribution in [0.1, 0.15) is 72.1 Å². The van der Waals surface area contributed by atoms with E-state index >= 15 is 0 Å². The molecule has 0 aromatic heterocycles. The number of hydrogen-bond donors (Lipinski definition) is 1. The summed E-state index contributed by atoms with van der Waals surface area (Å²) in [6.45, 7) is 5.94. The van der Waals surface area contributed by atoms with E-state index in [2.05, 4.69) is 6.92 Å². The smallest absolute Gasteiger partial charge is 0.310 e. The van der Waals surface area contributed by atoms with E-state index in [4.69, 9.17) is 0 Å². The van der Waals surface area contributed by atoms with E-state index in [-0.39, 0.29) is 12.3 Å². The Labute approximate surface area is 128 Å². The Morgan fingerprint density at radius 1 is 1.10 bits per heavy atom. The third-order valence-electron chi connectivity index (χ3n) is 5.63. The van der Waals surface area contributed by atoms with Crippen molar-refractivity contribution < 1.29 is 14.7 Å². The Balaban J connectivity index is 2.64. The fourth-order valence-electron chi connectivity index (χ4n) is 3.44. The maximum atomic E-state index is 12.5. The van der Waals surface area contributed by atoms with Gasteiger partial charge in [-0.3, -0.25) is 9.59 Å². The highest BCUT2D eigenvalue weighted by Crippen LogP contribution is 2.34. The molecule has 0 aromatic rings. The summed E-state index contributed by atoms with van der Waals surface area (Å²) in [7, 11) is 1.84. The molecule has 0 unspecified atom stereocenters. The van der Waals surface area contributed by atoms with Gasteiger partial charge in [0.15, 0.2) is 0 Å². The molecule has 0 atom stereocenters. The first kappa shape index (κ1) is 18.0. The largest absolute Gasteiger partial charge is 0.481 e. The lowest BCUT2D eigenvalue weighted by Crippen LogP contribution is -2.43. The summed E-state index contributed by atoms with van der Waals surface area (Å²) in [6, 6.07) is 0.292. The van der Waals surface area contributed by atoms with Gasteiger partial charge in [0.2, 0.25) is 5.91 Å². The van der Waals surface area contributed by atoms with Crippen molar-refractivity contribution in [2.75, 3.05) is 7.05 Å². The number of aliphatic carboxylic acids is 1. The van der Waals surface area contributed by atoms with Crippen molar-refractivity contribution in [2.24, 2.45) is 11.3 Å². The van der Waals surface area contributed by atoms with Crippen LogP contribution in [0.3, 0.4) is 0 Å². The van der Waals surface area contributed by atoms with Crippen LogP contribution in [0.25, 0.3) is 0 Å². The van der Waals surface area contributed by atoms with Crippen molar-refractivity contribution in [1.82, 2.24) is 4.90 Å². The molecule has 1 saturated carbocycles. The normalized spacial score (nSPS) is 22.9. The standard InChI is InChI=1S/C17H31NO3/c1-5-13-8-10-14(11-9-13)18(4)15(19)12-17(6-2,7-3)16(20)21/h13-14H,5-12H2,1-4H3,(H,20,21). The van der Waals surface area contributed by atoms with E-state index in [0.29, 0.717) is 18.9 Å². The van der Waals surface area contributed by atoms with Gasteiger partial charge in [0.25, 0.3) is 0 Å². The minimum Gasteiger partial charge on any atom is -0.481 e. The first-order valence-corrected chi connectivity index (χ1v) is 8.39. The van der Waals surface area contributed by atoms with Crippen LogP contribution in [0.4, 0.5) is 0 Å². The molecule has 0 radical (unpaired) electrons. The number of hydrogen-bond acceptors (Lipinski definition) is 2. The molecule has 4 heteroatoms. The highest BCUT2D eigenvalue weighted by Gasteiger charge is 2.39. The first-order chi connectivity index (χ1) is 9.90. The zero-order valence-electron chi connectivity index (χ0n) is 14.0. The topological polar surface area (TPSA) is 57.6 Å². The number of amides is 1. The predicted molar refractivity (Wildman–Crippen MR) is 84.1 cm³/mol. The van der Waals surface area contributed by atoms with Crippen molar-refractivity contribution in [2.45, 2.75) is 78.2 Å². The van der Waals surface area contributed by atoms with Crippen LogP contribution in [0.15, 0.2) is 0 Å². The number of nitrogens with zero attached hydrogens (tertiary/aromatic N) is 1. The fraction of sp³-hybridized carbons (Fsp3) is 0.882. The second-order valence-electron chi connectivity index (χ2n) is 6.56. The van der Waals surface area contributed by atoms with Crippen LogP contribution in [-0.4, -0.2) is 35.0 Å². The maximum absolute atomic E-state index is 12.5. The Hall–Kier alpha value is -1.06. The molecule has 0 aromatic carbocycles. The lowest BCUT2D eigenvalue weighted by atomic mass is 9.78. The van der Waals surface area contributed by atoms with Gasteiger partial charge in [-0.15, -0.1) is 0 Å². The first-order valence-electron chi connectivity index (χ1n) is 8.39. The van der Waals surface area contributed by atoms with Crippen molar-refractivity contribution in [3.05, 3.63) is 0 Å². The Bertz CT molecular complexity index is 355. The van der Waals surface area contributed by atoms with E-state index in [1.165, 1.54) is 19.3 Å². The summed E-state index contributed by atoms with van der Waals surface area (Å²) in [5.41, 5.74) is -0.897. The molecule has 1 aliphatic rings. The minimum atomic E-state index is -0.897. The SMILES string of the molecule is CCC1CCC(N(C)C(=O)CC(CC)(CC)C(=O)O)CC1. The van der Waals surface area contributed by atoms with E-state index in [0.717, 1.165) is 18.8 Å². The average Bonchev–Trinajstić information content (AvgIpc) is 2.51. The monoisotopic (exact) mass is 297 g/mol. The Morgan fingerprint density at radius 2 is 1.62 bits per heavy atom. The van der Waals surface area contributed by atoms with Gasteiger partial charge in [-0.05, 0) is 44.4 Å².